The third-order valence-electron chi connectivity index (χ3n) is 5.17. The van der Waals surface area contributed by atoms with Gasteiger partial charge >= 0.3 is 0 Å². The fourth-order valence-corrected chi connectivity index (χ4v) is 3.23. The topological polar surface area (TPSA) is 51.5 Å². The Labute approximate surface area is 182 Å². The van der Waals surface area contributed by atoms with Gasteiger partial charge in [0, 0.05) is 18.0 Å². The van der Waals surface area contributed by atoms with Crippen LogP contribution in [0.25, 0.3) is 5.69 Å². The van der Waals surface area contributed by atoms with Crippen molar-refractivity contribution in [3.63, 3.8) is 0 Å². The van der Waals surface area contributed by atoms with E-state index in [2.05, 4.69) is 6.58 Å². The normalized spacial score (nSPS) is 15.5. The van der Waals surface area contributed by atoms with Crippen LogP contribution in [0.1, 0.15) is 31.7 Å². The number of ether oxygens (including phenoxy) is 1. The lowest BCUT2D eigenvalue weighted by Crippen LogP contribution is -2.29. The van der Waals surface area contributed by atoms with E-state index in [1.807, 2.05) is 18.2 Å². The molecule has 2 aromatic rings. The van der Waals surface area contributed by atoms with E-state index in [9.17, 15) is 14.3 Å². The largest absolute Gasteiger partial charge is 0.490 e. The predicted octanol–water partition coefficient (Wildman–Crippen LogP) is 5.22. The van der Waals surface area contributed by atoms with Crippen LogP contribution in [0.3, 0.4) is 0 Å². The van der Waals surface area contributed by atoms with E-state index < -0.39 is 5.60 Å². The van der Waals surface area contributed by atoms with Crippen molar-refractivity contribution in [2.75, 3.05) is 6.61 Å². The molecule has 0 bridgehead atoms. The molecule has 0 saturated carbocycles. The number of pyridine rings is 1. The zero-order chi connectivity index (χ0) is 22.3. The van der Waals surface area contributed by atoms with Crippen LogP contribution in [-0.2, 0) is 6.42 Å². The lowest BCUT2D eigenvalue weighted by Gasteiger charge is -2.19. The maximum atomic E-state index is 13.2. The molecule has 0 radical (unpaired) electrons. The number of benzene rings is 1. The lowest BCUT2D eigenvalue weighted by molar-refractivity contribution is 0.0547. The van der Waals surface area contributed by atoms with E-state index in [0.717, 1.165) is 36.9 Å². The van der Waals surface area contributed by atoms with Crippen LogP contribution in [-0.4, -0.2) is 21.9 Å². The number of hydrogen-bond donors (Lipinski definition) is 1. The highest BCUT2D eigenvalue weighted by Crippen LogP contribution is 2.19. The number of nitrogens with zero attached hydrogens (tertiary/aromatic N) is 1. The minimum absolute atomic E-state index is 0.0950. The van der Waals surface area contributed by atoms with Crippen molar-refractivity contribution >= 4 is 0 Å². The Balaban J connectivity index is 1.58. The summed E-state index contributed by atoms with van der Waals surface area (Å²) in [4.78, 5) is 12.6. The summed E-state index contributed by atoms with van der Waals surface area (Å²) in [5.41, 5.74) is 1.72. The summed E-state index contributed by atoms with van der Waals surface area (Å²) in [6, 6.07) is 10.7. The Morgan fingerprint density at radius 1 is 1.23 bits per heavy atom. The van der Waals surface area contributed by atoms with E-state index in [-0.39, 0.29) is 18.0 Å². The highest BCUT2D eigenvalue weighted by molar-refractivity contribution is 5.38. The van der Waals surface area contributed by atoms with Gasteiger partial charge in [-0.1, -0.05) is 23.8 Å². The third kappa shape index (κ3) is 6.66. The molecule has 31 heavy (non-hydrogen) atoms. The van der Waals surface area contributed by atoms with Crippen molar-refractivity contribution in [1.82, 2.24) is 4.57 Å². The molecule has 1 unspecified atom stereocenters. The van der Waals surface area contributed by atoms with Crippen molar-refractivity contribution in [3.8, 4) is 11.4 Å². The Morgan fingerprint density at radius 2 is 2.00 bits per heavy atom. The molecule has 4 nitrogen and oxygen atoms in total. The van der Waals surface area contributed by atoms with Crippen molar-refractivity contribution < 1.29 is 14.2 Å². The van der Waals surface area contributed by atoms with E-state index in [1.165, 1.54) is 23.8 Å². The molecule has 1 aliphatic rings. The monoisotopic (exact) mass is 421 g/mol. The van der Waals surface area contributed by atoms with Gasteiger partial charge in [-0.2, -0.15) is 0 Å². The Hall–Kier alpha value is -3.18. The van der Waals surface area contributed by atoms with Gasteiger partial charge in [0.05, 0.1) is 0 Å². The number of rotatable bonds is 9. The van der Waals surface area contributed by atoms with Gasteiger partial charge in [0.25, 0.3) is 5.56 Å². The molecule has 0 amide bonds. The number of allylic oxidation sites excluding steroid dienone is 6. The fraction of sp³-hybridized carbons (Fsp3) is 0.269. The number of aromatic nitrogens is 1. The van der Waals surface area contributed by atoms with Crippen LogP contribution >= 0.6 is 0 Å². The first-order valence-electron chi connectivity index (χ1n) is 10.4. The smallest absolute Gasteiger partial charge is 0.255 e. The minimum Gasteiger partial charge on any atom is -0.490 e. The average molecular weight is 422 g/mol. The maximum absolute atomic E-state index is 13.2. The van der Waals surface area contributed by atoms with Crippen LogP contribution in [0.15, 0.2) is 95.7 Å². The summed E-state index contributed by atoms with van der Waals surface area (Å²) < 4.78 is 20.4. The van der Waals surface area contributed by atoms with Crippen LogP contribution < -0.4 is 10.3 Å². The highest BCUT2D eigenvalue weighted by atomic mass is 19.1. The summed E-state index contributed by atoms with van der Waals surface area (Å²) in [6.07, 6.45) is 13.2. The molecule has 0 saturated heterocycles. The zero-order valence-corrected chi connectivity index (χ0v) is 17.8. The van der Waals surface area contributed by atoms with E-state index >= 15 is 0 Å². The highest BCUT2D eigenvalue weighted by Gasteiger charge is 2.16. The number of hydrogen-bond acceptors (Lipinski definition) is 3. The maximum Gasteiger partial charge on any atom is 0.255 e. The van der Waals surface area contributed by atoms with Gasteiger partial charge in [-0.25, -0.2) is 4.39 Å². The first-order valence-corrected chi connectivity index (χ1v) is 10.4. The molecule has 0 aliphatic heterocycles. The van der Waals surface area contributed by atoms with Gasteiger partial charge < -0.3 is 9.84 Å². The quantitative estimate of drug-likeness (QED) is 0.565. The van der Waals surface area contributed by atoms with Crippen LogP contribution in [0.4, 0.5) is 4.39 Å². The first-order chi connectivity index (χ1) is 14.9. The Bertz CT molecular complexity index is 1060. The number of aliphatic hydroxyl groups is 1. The standard InChI is InChI=1S/C26H28FNO3/c1-3-26(2,30)19-31-24-14-12-23(13-15-24)28-17-16-21(18-25(28)29)8-4-6-20-7-5-9-22(27)11-10-20/h3,5,9-18,30H,1,4,6-8,19H2,2H3. The molecule has 1 aromatic carbocycles. The average Bonchev–Trinajstić information content (AvgIpc) is 2.97. The van der Waals surface area contributed by atoms with Crippen LogP contribution in [0.5, 0.6) is 5.75 Å². The summed E-state index contributed by atoms with van der Waals surface area (Å²) in [6.45, 7) is 5.30. The van der Waals surface area contributed by atoms with Crippen molar-refractivity contribution in [2.45, 2.75) is 38.2 Å². The van der Waals surface area contributed by atoms with Gasteiger partial charge in [-0.15, -0.1) is 6.58 Å². The SMILES string of the molecule is C=CC(C)(O)COc1ccc(-n2ccc(CCCC3=CC=C(F)C=CC3)cc2=O)cc1. The van der Waals surface area contributed by atoms with E-state index in [1.54, 1.807) is 48.0 Å². The van der Waals surface area contributed by atoms with Crippen molar-refractivity contribution in [1.29, 1.82) is 0 Å². The van der Waals surface area contributed by atoms with Gasteiger partial charge in [-0.3, -0.25) is 9.36 Å². The van der Waals surface area contributed by atoms with Gasteiger partial charge in [0.15, 0.2) is 0 Å². The molecule has 1 N–H and O–H groups in total. The molecule has 0 spiro atoms. The van der Waals surface area contributed by atoms with Gasteiger partial charge in [0.2, 0.25) is 0 Å². The minimum atomic E-state index is -1.10. The molecule has 1 aliphatic carbocycles. The summed E-state index contributed by atoms with van der Waals surface area (Å²) in [5, 5.41) is 9.93. The summed E-state index contributed by atoms with van der Waals surface area (Å²) in [5.74, 6) is 0.384. The summed E-state index contributed by atoms with van der Waals surface area (Å²) in [7, 11) is 0. The predicted molar refractivity (Wildman–Crippen MR) is 122 cm³/mol. The molecule has 3 rings (SSSR count). The molecule has 1 atom stereocenters. The second kappa shape index (κ2) is 10.2. The molecule has 1 heterocycles. The first kappa shape index (κ1) is 22.5. The molecular formula is C26H28FNO3. The lowest BCUT2D eigenvalue weighted by atomic mass is 10.0. The van der Waals surface area contributed by atoms with E-state index in [4.69, 9.17) is 4.74 Å². The molecule has 5 heteroatoms. The molecule has 162 valence electrons. The van der Waals surface area contributed by atoms with Crippen LogP contribution in [0, 0.1) is 0 Å². The number of aryl methyl sites for hydroxylation is 1. The second-order valence-corrected chi connectivity index (χ2v) is 7.92. The van der Waals surface area contributed by atoms with Crippen LogP contribution in [0.2, 0.25) is 0 Å². The third-order valence-corrected chi connectivity index (χ3v) is 5.17. The zero-order valence-electron chi connectivity index (χ0n) is 17.8. The molecule has 1 aromatic heterocycles. The Kier molecular flexibility index (Phi) is 7.42. The molecular weight excluding hydrogens is 393 g/mol. The fourth-order valence-electron chi connectivity index (χ4n) is 3.23. The van der Waals surface area contributed by atoms with Gasteiger partial charge in [0.1, 0.15) is 23.8 Å². The summed E-state index contributed by atoms with van der Waals surface area (Å²) >= 11 is 0. The van der Waals surface area contributed by atoms with Crippen molar-refractivity contribution in [3.05, 3.63) is 107 Å². The van der Waals surface area contributed by atoms with Gasteiger partial charge in [-0.05, 0) is 80.7 Å². The number of halogens is 1. The van der Waals surface area contributed by atoms with E-state index in [0.29, 0.717) is 5.75 Å². The second-order valence-electron chi connectivity index (χ2n) is 7.92. The van der Waals surface area contributed by atoms with Crippen molar-refractivity contribution in [2.24, 2.45) is 0 Å². The molecule has 0 fully saturated rings. The Morgan fingerprint density at radius 3 is 2.71 bits per heavy atom.